The van der Waals surface area contributed by atoms with E-state index in [1.807, 2.05) is 0 Å². The summed E-state index contributed by atoms with van der Waals surface area (Å²) in [6.45, 7) is 4.23. The molecule has 10 heteroatoms. The zero-order valence-corrected chi connectivity index (χ0v) is 15.7. The van der Waals surface area contributed by atoms with Crippen LogP contribution in [0.5, 0.6) is 0 Å². The minimum absolute atomic E-state index is 0.0542. The zero-order valence-electron chi connectivity index (χ0n) is 14.9. The molecule has 0 saturated heterocycles. The van der Waals surface area contributed by atoms with E-state index in [1.54, 1.807) is 0 Å². The lowest BCUT2D eigenvalue weighted by Gasteiger charge is -2.19. The molecule has 0 heterocycles. The first kappa shape index (κ1) is 22.5. The number of esters is 1. The van der Waals surface area contributed by atoms with E-state index in [0.717, 1.165) is 6.07 Å². The Morgan fingerprint density at radius 1 is 1.18 bits per heavy atom. The van der Waals surface area contributed by atoms with Crippen LogP contribution in [-0.2, 0) is 22.1 Å². The molecule has 0 spiro atoms. The first-order valence-electron chi connectivity index (χ1n) is 8.17. The zero-order chi connectivity index (χ0) is 21.7. The summed E-state index contributed by atoms with van der Waals surface area (Å²) in [6.07, 6.45) is -8.74. The van der Waals surface area contributed by atoms with Gasteiger partial charge in [-0.05, 0) is 29.4 Å². The van der Waals surface area contributed by atoms with Gasteiger partial charge in [0.2, 0.25) is 0 Å². The van der Waals surface area contributed by atoms with E-state index in [2.05, 4.69) is 4.74 Å². The number of carbonyl (C=O) groups excluding carboxylic acids is 1. The SMILES string of the molecule is CCc1ccc(C(F)(F)OC(=O)C2C(C=C(Cl)C(F)(F)F)C2(C)C)c(F)c1F. The Kier molecular flexibility index (Phi) is 5.82. The van der Waals surface area contributed by atoms with Gasteiger partial charge in [-0.1, -0.05) is 44.5 Å². The molecule has 1 aromatic rings. The summed E-state index contributed by atoms with van der Waals surface area (Å²) in [5, 5.41) is -1.49. The van der Waals surface area contributed by atoms with Crippen molar-refractivity contribution in [2.24, 2.45) is 17.3 Å². The third kappa shape index (κ3) is 4.14. The lowest BCUT2D eigenvalue weighted by atomic mass is 10.1. The quantitative estimate of drug-likeness (QED) is 0.416. The Labute approximate surface area is 161 Å². The number of allylic oxidation sites excluding steroid dienone is 2. The van der Waals surface area contributed by atoms with Gasteiger partial charge in [-0.25, -0.2) is 8.78 Å². The van der Waals surface area contributed by atoms with Gasteiger partial charge in [0, 0.05) is 0 Å². The van der Waals surface area contributed by atoms with Crippen molar-refractivity contribution in [2.45, 2.75) is 39.5 Å². The number of alkyl halides is 5. The molecule has 0 aromatic heterocycles. The van der Waals surface area contributed by atoms with E-state index < -0.39 is 57.7 Å². The van der Waals surface area contributed by atoms with E-state index in [0.29, 0.717) is 12.1 Å². The second-order valence-corrected chi connectivity index (χ2v) is 7.44. The maximum absolute atomic E-state index is 14.2. The van der Waals surface area contributed by atoms with E-state index in [4.69, 9.17) is 11.6 Å². The van der Waals surface area contributed by atoms with Crippen LogP contribution in [0, 0.1) is 28.9 Å². The summed E-state index contributed by atoms with van der Waals surface area (Å²) < 4.78 is 97.8. The van der Waals surface area contributed by atoms with Crippen LogP contribution in [0.4, 0.5) is 30.7 Å². The molecular formula is C18H16ClF7O2. The van der Waals surface area contributed by atoms with E-state index in [-0.39, 0.29) is 12.0 Å². The minimum Gasteiger partial charge on any atom is -0.397 e. The molecule has 0 amide bonds. The van der Waals surface area contributed by atoms with Crippen molar-refractivity contribution < 1.29 is 40.3 Å². The highest BCUT2D eigenvalue weighted by Gasteiger charge is 2.63. The van der Waals surface area contributed by atoms with Crippen LogP contribution >= 0.6 is 11.6 Å². The monoisotopic (exact) mass is 432 g/mol. The molecule has 28 heavy (non-hydrogen) atoms. The highest BCUT2D eigenvalue weighted by molar-refractivity contribution is 6.30. The van der Waals surface area contributed by atoms with Crippen LogP contribution in [0.1, 0.15) is 31.9 Å². The number of halogens is 8. The minimum atomic E-state index is -4.85. The smallest absolute Gasteiger partial charge is 0.397 e. The largest absolute Gasteiger partial charge is 0.431 e. The van der Waals surface area contributed by atoms with Crippen LogP contribution in [0.2, 0.25) is 0 Å². The number of hydrogen-bond donors (Lipinski definition) is 0. The highest BCUT2D eigenvalue weighted by Crippen LogP contribution is 2.61. The number of ether oxygens (including phenoxy) is 1. The van der Waals surface area contributed by atoms with Gasteiger partial charge in [-0.3, -0.25) is 4.79 Å². The average molecular weight is 433 g/mol. The van der Waals surface area contributed by atoms with Crippen molar-refractivity contribution >= 4 is 17.6 Å². The van der Waals surface area contributed by atoms with Crippen molar-refractivity contribution in [2.75, 3.05) is 0 Å². The first-order chi connectivity index (χ1) is 12.6. The Morgan fingerprint density at radius 2 is 1.75 bits per heavy atom. The molecule has 2 rings (SSSR count). The van der Waals surface area contributed by atoms with Crippen molar-refractivity contribution in [1.82, 2.24) is 0 Å². The molecule has 156 valence electrons. The summed E-state index contributed by atoms with van der Waals surface area (Å²) in [5.74, 6) is -7.34. The van der Waals surface area contributed by atoms with Crippen LogP contribution < -0.4 is 0 Å². The summed E-state index contributed by atoms with van der Waals surface area (Å²) in [7, 11) is 0. The van der Waals surface area contributed by atoms with E-state index in [1.165, 1.54) is 20.8 Å². The molecule has 1 aliphatic rings. The van der Waals surface area contributed by atoms with Crippen molar-refractivity contribution in [3.8, 4) is 0 Å². The maximum atomic E-state index is 14.2. The normalized spacial score (nSPS) is 22.2. The number of hydrogen-bond acceptors (Lipinski definition) is 2. The summed E-state index contributed by atoms with van der Waals surface area (Å²) in [5.41, 5.74) is -2.75. The molecule has 0 bridgehead atoms. The fraction of sp³-hybridized carbons (Fsp3) is 0.500. The Morgan fingerprint density at radius 3 is 2.25 bits per heavy atom. The van der Waals surface area contributed by atoms with Gasteiger partial charge in [0.1, 0.15) is 10.6 Å². The Bertz CT molecular complexity index is 815. The second kappa shape index (κ2) is 7.24. The number of aryl methyl sites for hydroxylation is 1. The molecule has 1 saturated carbocycles. The fourth-order valence-electron chi connectivity index (χ4n) is 3.02. The molecule has 0 N–H and O–H groups in total. The summed E-state index contributed by atoms with van der Waals surface area (Å²) in [6, 6.07) is 1.53. The van der Waals surface area contributed by atoms with Gasteiger partial charge in [-0.15, -0.1) is 0 Å². The van der Waals surface area contributed by atoms with E-state index >= 15 is 0 Å². The number of carbonyl (C=O) groups is 1. The fourth-order valence-corrected chi connectivity index (χ4v) is 3.16. The van der Waals surface area contributed by atoms with Crippen LogP contribution in [0.3, 0.4) is 0 Å². The Hall–Kier alpha value is -1.77. The van der Waals surface area contributed by atoms with Crippen LogP contribution in [0.15, 0.2) is 23.2 Å². The number of benzene rings is 1. The lowest BCUT2D eigenvalue weighted by Crippen LogP contribution is -2.26. The average Bonchev–Trinajstić information content (AvgIpc) is 3.09. The van der Waals surface area contributed by atoms with E-state index in [9.17, 15) is 35.5 Å². The molecule has 2 nitrogen and oxygen atoms in total. The molecule has 0 radical (unpaired) electrons. The predicted molar refractivity (Wildman–Crippen MR) is 86.5 cm³/mol. The summed E-state index contributed by atoms with van der Waals surface area (Å²) in [4.78, 5) is 12.1. The lowest BCUT2D eigenvalue weighted by molar-refractivity contribution is -0.243. The molecule has 2 atom stereocenters. The van der Waals surface area contributed by atoms with Crippen molar-refractivity contribution in [3.05, 3.63) is 46.0 Å². The van der Waals surface area contributed by atoms with Gasteiger partial charge in [0.25, 0.3) is 0 Å². The predicted octanol–water partition coefficient (Wildman–Crippen LogP) is 6.08. The van der Waals surface area contributed by atoms with Gasteiger partial charge < -0.3 is 4.74 Å². The molecule has 1 aromatic carbocycles. The van der Waals surface area contributed by atoms with Crippen LogP contribution in [-0.4, -0.2) is 12.1 Å². The van der Waals surface area contributed by atoms with Gasteiger partial charge in [0.15, 0.2) is 11.6 Å². The van der Waals surface area contributed by atoms with Crippen molar-refractivity contribution in [3.63, 3.8) is 0 Å². The van der Waals surface area contributed by atoms with Gasteiger partial charge in [-0.2, -0.15) is 22.0 Å². The maximum Gasteiger partial charge on any atom is 0.431 e. The topological polar surface area (TPSA) is 26.3 Å². The summed E-state index contributed by atoms with van der Waals surface area (Å²) >= 11 is 5.13. The van der Waals surface area contributed by atoms with Gasteiger partial charge in [0.05, 0.1) is 5.92 Å². The third-order valence-corrected chi connectivity index (χ3v) is 5.19. The van der Waals surface area contributed by atoms with Gasteiger partial charge >= 0.3 is 18.3 Å². The highest BCUT2D eigenvalue weighted by atomic mass is 35.5. The molecule has 1 fully saturated rings. The van der Waals surface area contributed by atoms with Crippen molar-refractivity contribution in [1.29, 1.82) is 0 Å². The standard InChI is InChI=1S/C18H16ClF7O2/c1-4-8-5-6-9(14(21)13(8)20)18(25,26)28-15(27)12-10(16(12,2)3)7-11(19)17(22,23)24/h5-7,10,12H,4H2,1-3H3. The number of rotatable bonds is 5. The molecule has 2 unspecified atom stereocenters. The molecular weight excluding hydrogens is 417 g/mol. The molecule has 1 aliphatic carbocycles. The first-order valence-corrected chi connectivity index (χ1v) is 8.54. The molecule has 0 aliphatic heterocycles. The van der Waals surface area contributed by atoms with Crippen LogP contribution in [0.25, 0.3) is 0 Å². The Balaban J connectivity index is 2.24. The second-order valence-electron chi connectivity index (χ2n) is 7.03. The third-order valence-electron chi connectivity index (χ3n) is 4.85.